The van der Waals surface area contributed by atoms with Crippen LogP contribution in [0, 0.1) is 20.8 Å². The molecule has 0 amide bonds. The number of aldehydes is 1. The zero-order valence-corrected chi connectivity index (χ0v) is 9.70. The lowest BCUT2D eigenvalue weighted by atomic mass is 9.98. The monoisotopic (exact) mass is 214 g/mol. The van der Waals surface area contributed by atoms with E-state index < -0.39 is 0 Å². The summed E-state index contributed by atoms with van der Waals surface area (Å²) in [5.41, 5.74) is 4.66. The number of hydrogen-bond donors (Lipinski definition) is 0. The van der Waals surface area contributed by atoms with Crippen molar-refractivity contribution in [3.05, 3.63) is 46.7 Å². The Morgan fingerprint density at radius 3 is 2.19 bits per heavy atom. The third kappa shape index (κ3) is 1.78. The van der Waals surface area contributed by atoms with Gasteiger partial charge in [-0.3, -0.25) is 4.79 Å². The van der Waals surface area contributed by atoms with Crippen LogP contribution in [0.2, 0.25) is 0 Å². The Bertz CT molecular complexity index is 512. The molecule has 0 bridgehead atoms. The molecule has 2 aromatic rings. The fourth-order valence-corrected chi connectivity index (χ4v) is 2.12. The summed E-state index contributed by atoms with van der Waals surface area (Å²) in [6.45, 7) is 6.18. The van der Waals surface area contributed by atoms with Gasteiger partial charge in [-0.25, -0.2) is 0 Å². The van der Waals surface area contributed by atoms with Crippen molar-refractivity contribution in [3.63, 3.8) is 0 Å². The number of rotatable bonds is 2. The summed E-state index contributed by atoms with van der Waals surface area (Å²) in [5.74, 6) is 1.13. The smallest absolute Gasteiger partial charge is 0.185 e. The summed E-state index contributed by atoms with van der Waals surface area (Å²) in [6, 6.07) is 7.77. The van der Waals surface area contributed by atoms with Crippen molar-refractivity contribution in [1.82, 2.24) is 0 Å². The normalized spacial score (nSPS) is 10.4. The molecule has 0 unspecified atom stereocenters. The Morgan fingerprint density at radius 2 is 1.69 bits per heavy atom. The highest BCUT2D eigenvalue weighted by Crippen LogP contribution is 2.29. The molecule has 2 nitrogen and oxygen atoms in total. The summed E-state index contributed by atoms with van der Waals surface area (Å²) in [7, 11) is 0. The molecule has 2 rings (SSSR count). The second kappa shape index (κ2) is 3.97. The van der Waals surface area contributed by atoms with Crippen molar-refractivity contribution >= 4 is 6.29 Å². The van der Waals surface area contributed by atoms with Gasteiger partial charge in [-0.15, -0.1) is 0 Å². The maximum atomic E-state index is 10.6. The molecule has 1 heterocycles. The highest BCUT2D eigenvalue weighted by molar-refractivity contribution is 5.74. The Hall–Kier alpha value is -1.83. The molecule has 0 saturated heterocycles. The van der Waals surface area contributed by atoms with Crippen molar-refractivity contribution < 1.29 is 9.21 Å². The number of furan rings is 1. The summed E-state index contributed by atoms with van der Waals surface area (Å²) in [6.07, 6.45) is 0.725. The minimum atomic E-state index is 0.370. The van der Waals surface area contributed by atoms with Crippen molar-refractivity contribution in [1.29, 1.82) is 0 Å². The number of hydrogen-bond acceptors (Lipinski definition) is 2. The maximum absolute atomic E-state index is 10.6. The number of benzene rings is 1. The van der Waals surface area contributed by atoms with Crippen LogP contribution in [-0.4, -0.2) is 6.29 Å². The largest absolute Gasteiger partial charge is 0.453 e. The van der Waals surface area contributed by atoms with E-state index in [1.165, 1.54) is 16.7 Å². The Morgan fingerprint density at radius 1 is 1.06 bits per heavy atom. The third-order valence-electron chi connectivity index (χ3n) is 2.67. The standard InChI is InChI=1S/C14H14O2/c1-9-6-10(2)14(11(3)7-9)13-5-4-12(8-15)16-13/h4-8H,1-3H3. The van der Waals surface area contributed by atoms with Gasteiger partial charge in [0.1, 0.15) is 5.76 Å². The van der Waals surface area contributed by atoms with E-state index in [1.54, 1.807) is 6.07 Å². The van der Waals surface area contributed by atoms with Gasteiger partial charge in [0, 0.05) is 5.56 Å². The van der Waals surface area contributed by atoms with Gasteiger partial charge in [0.15, 0.2) is 12.0 Å². The van der Waals surface area contributed by atoms with E-state index in [0.717, 1.165) is 17.6 Å². The van der Waals surface area contributed by atoms with Crippen LogP contribution in [-0.2, 0) is 0 Å². The van der Waals surface area contributed by atoms with Crippen LogP contribution in [0.5, 0.6) is 0 Å². The zero-order valence-electron chi connectivity index (χ0n) is 9.70. The highest BCUT2D eigenvalue weighted by Gasteiger charge is 2.10. The fraction of sp³-hybridized carbons (Fsp3) is 0.214. The number of carbonyl (C=O) groups is 1. The summed E-state index contributed by atoms with van der Waals surface area (Å²) >= 11 is 0. The van der Waals surface area contributed by atoms with Gasteiger partial charge < -0.3 is 4.42 Å². The van der Waals surface area contributed by atoms with Gasteiger partial charge in [-0.05, 0) is 44.0 Å². The fourth-order valence-electron chi connectivity index (χ4n) is 2.12. The SMILES string of the molecule is Cc1cc(C)c(-c2ccc(C=O)o2)c(C)c1. The van der Waals surface area contributed by atoms with E-state index in [2.05, 4.69) is 32.9 Å². The molecule has 1 aromatic carbocycles. The Labute approximate surface area is 94.9 Å². The summed E-state index contributed by atoms with van der Waals surface area (Å²) in [4.78, 5) is 10.6. The molecule has 82 valence electrons. The molecule has 0 N–H and O–H groups in total. The van der Waals surface area contributed by atoms with Crippen molar-refractivity contribution in [2.45, 2.75) is 20.8 Å². The molecule has 0 saturated carbocycles. The molecule has 0 aliphatic carbocycles. The average Bonchev–Trinajstić information content (AvgIpc) is 2.64. The second-order valence-electron chi connectivity index (χ2n) is 4.09. The molecule has 0 fully saturated rings. The van der Waals surface area contributed by atoms with E-state index in [4.69, 9.17) is 4.42 Å². The molecule has 0 atom stereocenters. The van der Waals surface area contributed by atoms with Crippen LogP contribution < -0.4 is 0 Å². The topological polar surface area (TPSA) is 30.2 Å². The molecule has 0 aliphatic heterocycles. The average molecular weight is 214 g/mol. The van der Waals surface area contributed by atoms with Gasteiger partial charge in [0.2, 0.25) is 0 Å². The van der Waals surface area contributed by atoms with Crippen LogP contribution in [0.3, 0.4) is 0 Å². The number of carbonyl (C=O) groups excluding carboxylic acids is 1. The van der Waals surface area contributed by atoms with Gasteiger partial charge in [0.05, 0.1) is 0 Å². The first kappa shape index (κ1) is 10.7. The molecule has 0 aliphatic rings. The molecule has 0 spiro atoms. The molecular weight excluding hydrogens is 200 g/mol. The molecule has 0 radical (unpaired) electrons. The van der Waals surface area contributed by atoms with Crippen LogP contribution in [0.25, 0.3) is 11.3 Å². The minimum absolute atomic E-state index is 0.370. The predicted molar refractivity (Wildman–Crippen MR) is 63.7 cm³/mol. The minimum Gasteiger partial charge on any atom is -0.453 e. The molecule has 2 heteroatoms. The van der Waals surface area contributed by atoms with Crippen LogP contribution in [0.4, 0.5) is 0 Å². The molecular formula is C14H14O2. The molecule has 1 aromatic heterocycles. The van der Waals surface area contributed by atoms with Crippen molar-refractivity contribution in [3.8, 4) is 11.3 Å². The first-order chi connectivity index (χ1) is 7.61. The van der Waals surface area contributed by atoms with E-state index in [-0.39, 0.29) is 0 Å². The van der Waals surface area contributed by atoms with Gasteiger partial charge in [-0.2, -0.15) is 0 Å². The van der Waals surface area contributed by atoms with Gasteiger partial charge in [-0.1, -0.05) is 17.7 Å². The first-order valence-electron chi connectivity index (χ1n) is 5.25. The summed E-state index contributed by atoms with van der Waals surface area (Å²) in [5, 5.41) is 0. The first-order valence-corrected chi connectivity index (χ1v) is 5.25. The van der Waals surface area contributed by atoms with Gasteiger partial charge in [0.25, 0.3) is 0 Å². The van der Waals surface area contributed by atoms with Gasteiger partial charge >= 0.3 is 0 Å². The summed E-state index contributed by atoms with van der Waals surface area (Å²) < 4.78 is 5.45. The molecule has 16 heavy (non-hydrogen) atoms. The van der Waals surface area contributed by atoms with Crippen molar-refractivity contribution in [2.24, 2.45) is 0 Å². The zero-order chi connectivity index (χ0) is 11.7. The highest BCUT2D eigenvalue weighted by atomic mass is 16.3. The van der Waals surface area contributed by atoms with E-state index in [0.29, 0.717) is 5.76 Å². The quantitative estimate of drug-likeness (QED) is 0.714. The second-order valence-corrected chi connectivity index (χ2v) is 4.09. The lowest BCUT2D eigenvalue weighted by Gasteiger charge is -2.08. The van der Waals surface area contributed by atoms with Crippen LogP contribution >= 0.6 is 0 Å². The lowest BCUT2D eigenvalue weighted by molar-refractivity contribution is 0.110. The number of aryl methyl sites for hydroxylation is 3. The van der Waals surface area contributed by atoms with E-state index >= 15 is 0 Å². The van der Waals surface area contributed by atoms with Crippen molar-refractivity contribution in [2.75, 3.05) is 0 Å². The maximum Gasteiger partial charge on any atom is 0.185 e. The van der Waals surface area contributed by atoms with Crippen LogP contribution in [0.1, 0.15) is 27.2 Å². The van der Waals surface area contributed by atoms with E-state index in [9.17, 15) is 4.79 Å². The van der Waals surface area contributed by atoms with Crippen LogP contribution in [0.15, 0.2) is 28.7 Å². The third-order valence-corrected chi connectivity index (χ3v) is 2.67. The Kier molecular flexibility index (Phi) is 2.65. The Balaban J connectivity index is 2.59. The predicted octanol–water partition coefficient (Wildman–Crippen LogP) is 3.68. The van der Waals surface area contributed by atoms with E-state index in [1.807, 2.05) is 6.07 Å². The lowest BCUT2D eigenvalue weighted by Crippen LogP contribution is -1.88.